The lowest BCUT2D eigenvalue weighted by Crippen LogP contribution is -2.29. The first kappa shape index (κ1) is 21.7. The van der Waals surface area contributed by atoms with Gasteiger partial charge in [0.15, 0.2) is 5.78 Å². The van der Waals surface area contributed by atoms with Crippen LogP contribution in [0.15, 0.2) is 76.6 Å². The maximum Gasteiger partial charge on any atom is 0.262 e. The van der Waals surface area contributed by atoms with Gasteiger partial charge in [-0.1, -0.05) is 42.5 Å². The topological polar surface area (TPSA) is 105 Å². The number of hydrogen-bond acceptors (Lipinski definition) is 5. The zero-order chi connectivity index (χ0) is 22.6. The monoisotopic (exact) mass is 449 g/mol. The number of nitrogens with zero attached hydrogens (tertiary/aromatic N) is 1. The van der Waals surface area contributed by atoms with Gasteiger partial charge in [-0.3, -0.25) is 19.3 Å². The quantitative estimate of drug-likeness (QED) is 0.534. The Kier molecular flexibility index (Phi) is 6.32. The van der Waals surface area contributed by atoms with Crippen molar-refractivity contribution >= 4 is 44.0 Å². The van der Waals surface area contributed by atoms with Crippen LogP contribution in [-0.4, -0.2) is 32.5 Å². The number of benzene rings is 3. The third-order valence-corrected chi connectivity index (χ3v) is 6.58. The Morgan fingerprint density at radius 3 is 2.50 bits per heavy atom. The SMILES string of the molecule is O=C(CCC(=O)c1ccc2ccccc2c1)Nc1cccc(S(=O)(=O)NC2=NCCC2)c1. The average Bonchev–Trinajstić information content (AvgIpc) is 3.29. The van der Waals surface area contributed by atoms with Crippen LogP contribution in [0.1, 0.15) is 36.0 Å². The molecule has 0 saturated heterocycles. The Morgan fingerprint density at radius 1 is 0.906 bits per heavy atom. The lowest BCUT2D eigenvalue weighted by molar-refractivity contribution is -0.116. The van der Waals surface area contributed by atoms with Gasteiger partial charge in [0.25, 0.3) is 10.0 Å². The molecule has 7 nitrogen and oxygen atoms in total. The van der Waals surface area contributed by atoms with Gasteiger partial charge in [-0.05, 0) is 41.5 Å². The van der Waals surface area contributed by atoms with Crippen LogP contribution in [0.5, 0.6) is 0 Å². The smallest absolute Gasteiger partial charge is 0.262 e. The van der Waals surface area contributed by atoms with Crippen LogP contribution in [0.3, 0.4) is 0 Å². The molecule has 1 aliphatic rings. The largest absolute Gasteiger partial charge is 0.326 e. The molecular formula is C24H23N3O4S. The molecule has 1 amide bonds. The molecule has 0 saturated carbocycles. The van der Waals surface area contributed by atoms with Gasteiger partial charge in [0.1, 0.15) is 5.84 Å². The van der Waals surface area contributed by atoms with E-state index in [9.17, 15) is 18.0 Å². The van der Waals surface area contributed by atoms with E-state index in [0.717, 1.165) is 17.2 Å². The van der Waals surface area contributed by atoms with Crippen molar-refractivity contribution in [3.05, 3.63) is 72.3 Å². The van der Waals surface area contributed by atoms with Crippen LogP contribution in [0, 0.1) is 0 Å². The Labute approximate surface area is 186 Å². The van der Waals surface area contributed by atoms with Gasteiger partial charge in [0.05, 0.1) is 4.90 Å². The van der Waals surface area contributed by atoms with E-state index in [0.29, 0.717) is 30.1 Å². The predicted octanol–water partition coefficient (Wildman–Crippen LogP) is 3.91. The predicted molar refractivity (Wildman–Crippen MR) is 124 cm³/mol. The molecular weight excluding hydrogens is 426 g/mol. The van der Waals surface area contributed by atoms with Gasteiger partial charge in [-0.2, -0.15) is 0 Å². The molecule has 0 unspecified atom stereocenters. The number of sulfonamides is 1. The van der Waals surface area contributed by atoms with E-state index in [1.54, 1.807) is 18.2 Å². The summed E-state index contributed by atoms with van der Waals surface area (Å²) >= 11 is 0. The maximum atomic E-state index is 12.5. The lowest BCUT2D eigenvalue weighted by atomic mass is 10.0. The summed E-state index contributed by atoms with van der Waals surface area (Å²) in [6.45, 7) is 0.617. The highest BCUT2D eigenvalue weighted by atomic mass is 32.2. The second-order valence-corrected chi connectivity index (χ2v) is 9.28. The fourth-order valence-electron chi connectivity index (χ4n) is 3.54. The van der Waals surface area contributed by atoms with E-state index in [2.05, 4.69) is 15.0 Å². The Bertz CT molecular complexity index is 1320. The standard InChI is InChI=1S/C24H23N3O4S/c28-22(19-11-10-17-5-1-2-6-18(17)15-19)12-13-24(29)26-20-7-3-8-21(16-20)32(30,31)27-23-9-4-14-25-23/h1-3,5-8,10-11,15-16H,4,9,12-14H2,(H,25,27)(H,26,29). The molecule has 164 valence electrons. The van der Waals surface area contributed by atoms with Crippen LogP contribution in [0.25, 0.3) is 10.8 Å². The van der Waals surface area contributed by atoms with Crippen LogP contribution in [0.2, 0.25) is 0 Å². The summed E-state index contributed by atoms with van der Waals surface area (Å²) in [7, 11) is -3.77. The van der Waals surface area contributed by atoms with Crippen molar-refractivity contribution in [1.82, 2.24) is 4.72 Å². The Hall–Kier alpha value is -3.52. The first-order valence-electron chi connectivity index (χ1n) is 10.4. The summed E-state index contributed by atoms with van der Waals surface area (Å²) in [5.41, 5.74) is 0.912. The molecule has 2 N–H and O–H groups in total. The van der Waals surface area contributed by atoms with Gasteiger partial charge >= 0.3 is 0 Å². The van der Waals surface area contributed by atoms with Crippen molar-refractivity contribution in [3.63, 3.8) is 0 Å². The summed E-state index contributed by atoms with van der Waals surface area (Å²) < 4.78 is 27.6. The highest BCUT2D eigenvalue weighted by molar-refractivity contribution is 7.90. The Balaban J connectivity index is 1.36. The van der Waals surface area contributed by atoms with Crippen LogP contribution >= 0.6 is 0 Å². The average molecular weight is 450 g/mol. The number of fused-ring (bicyclic) bond motifs is 1. The van der Waals surface area contributed by atoms with Crippen LogP contribution in [-0.2, 0) is 14.8 Å². The Morgan fingerprint density at radius 2 is 1.72 bits per heavy atom. The second-order valence-electron chi connectivity index (χ2n) is 7.60. The lowest BCUT2D eigenvalue weighted by Gasteiger charge is -2.10. The molecule has 0 radical (unpaired) electrons. The van der Waals surface area contributed by atoms with Crippen molar-refractivity contribution in [1.29, 1.82) is 0 Å². The van der Waals surface area contributed by atoms with Gasteiger partial charge in [0, 0.05) is 37.1 Å². The number of carbonyl (C=O) groups excluding carboxylic acids is 2. The molecule has 0 spiro atoms. The van der Waals surface area contributed by atoms with E-state index in [1.807, 2.05) is 36.4 Å². The molecule has 4 rings (SSSR count). The number of ketones is 1. The van der Waals surface area contributed by atoms with Gasteiger partial charge in [-0.25, -0.2) is 8.42 Å². The van der Waals surface area contributed by atoms with Crippen LogP contribution < -0.4 is 10.0 Å². The molecule has 0 aromatic heterocycles. The number of anilines is 1. The van der Waals surface area contributed by atoms with Crippen molar-refractivity contribution in [2.24, 2.45) is 4.99 Å². The van der Waals surface area contributed by atoms with E-state index in [4.69, 9.17) is 0 Å². The maximum absolute atomic E-state index is 12.5. The summed E-state index contributed by atoms with van der Waals surface area (Å²) in [6, 6.07) is 19.2. The number of rotatable bonds is 7. The normalized spacial score (nSPS) is 13.6. The number of amidine groups is 1. The molecule has 0 aliphatic carbocycles. The van der Waals surface area contributed by atoms with E-state index < -0.39 is 10.0 Å². The number of hydrogen-bond donors (Lipinski definition) is 2. The minimum Gasteiger partial charge on any atom is -0.326 e. The second kappa shape index (κ2) is 9.32. The molecule has 1 aliphatic heterocycles. The molecule has 3 aromatic carbocycles. The number of nitrogens with one attached hydrogen (secondary N) is 2. The molecule has 3 aromatic rings. The third-order valence-electron chi connectivity index (χ3n) is 5.21. The summed E-state index contributed by atoms with van der Waals surface area (Å²) in [5, 5.41) is 4.69. The van der Waals surface area contributed by atoms with Crippen molar-refractivity contribution in [2.75, 3.05) is 11.9 Å². The number of carbonyl (C=O) groups is 2. The molecule has 32 heavy (non-hydrogen) atoms. The molecule has 0 atom stereocenters. The van der Waals surface area contributed by atoms with E-state index in [-0.39, 0.29) is 29.4 Å². The summed E-state index contributed by atoms with van der Waals surface area (Å²) in [6.07, 6.45) is 1.48. The summed E-state index contributed by atoms with van der Waals surface area (Å²) in [5.74, 6) is -0.0303. The highest BCUT2D eigenvalue weighted by Gasteiger charge is 2.19. The molecule has 0 fully saturated rings. The minimum absolute atomic E-state index is 0.00229. The van der Waals surface area contributed by atoms with Crippen molar-refractivity contribution < 1.29 is 18.0 Å². The van der Waals surface area contributed by atoms with E-state index >= 15 is 0 Å². The van der Waals surface area contributed by atoms with Gasteiger partial charge in [0.2, 0.25) is 5.91 Å². The number of amides is 1. The first-order valence-corrected chi connectivity index (χ1v) is 11.9. The first-order chi connectivity index (χ1) is 15.4. The van der Waals surface area contributed by atoms with Crippen molar-refractivity contribution in [3.8, 4) is 0 Å². The number of Topliss-reactive ketones (excluding diaryl/α,β-unsaturated/α-hetero) is 1. The highest BCUT2D eigenvalue weighted by Crippen LogP contribution is 2.19. The van der Waals surface area contributed by atoms with Crippen molar-refractivity contribution in [2.45, 2.75) is 30.6 Å². The molecule has 1 heterocycles. The van der Waals surface area contributed by atoms with Gasteiger partial charge in [-0.15, -0.1) is 0 Å². The zero-order valence-corrected chi connectivity index (χ0v) is 18.2. The number of aliphatic imine (C=N–C) groups is 1. The van der Waals surface area contributed by atoms with E-state index in [1.165, 1.54) is 12.1 Å². The third kappa shape index (κ3) is 5.20. The fourth-order valence-corrected chi connectivity index (χ4v) is 4.67. The summed E-state index contributed by atoms with van der Waals surface area (Å²) in [4.78, 5) is 29.0. The zero-order valence-electron chi connectivity index (χ0n) is 17.4. The van der Waals surface area contributed by atoms with Crippen LogP contribution in [0.4, 0.5) is 5.69 Å². The van der Waals surface area contributed by atoms with Gasteiger partial charge < -0.3 is 5.32 Å². The minimum atomic E-state index is -3.77. The molecule has 8 heteroatoms. The fraction of sp³-hybridized carbons (Fsp3) is 0.208. The molecule has 0 bridgehead atoms.